The summed E-state index contributed by atoms with van der Waals surface area (Å²) in [5.41, 5.74) is 0. The number of hydrogen-bond donors (Lipinski definition) is 0. The van der Waals surface area contributed by atoms with Crippen LogP contribution in [0.2, 0.25) is 0 Å². The molecule has 0 unspecified atom stereocenters. The summed E-state index contributed by atoms with van der Waals surface area (Å²) in [5, 5.41) is 8.33. The summed E-state index contributed by atoms with van der Waals surface area (Å²) < 4.78 is 46.0. The molecule has 0 saturated heterocycles. The van der Waals surface area contributed by atoms with Crippen LogP contribution in [0.15, 0.2) is 0 Å². The molecular formula is C7H13BF4N2O. The van der Waals surface area contributed by atoms with Crippen molar-refractivity contribution in [2.45, 2.75) is 13.3 Å². The van der Waals surface area contributed by atoms with E-state index >= 15 is 0 Å². The standard InChI is InChI=1S/C7H13N2O.BF4/c1-4-10-7(5-6-8)9(2)3;2-1(3,4)5/h4-5H2,1-3H3;/q+1;-1. The lowest BCUT2D eigenvalue weighted by atomic mass is 10.3. The van der Waals surface area contributed by atoms with Crippen molar-refractivity contribution in [3.63, 3.8) is 0 Å². The Morgan fingerprint density at radius 2 is 1.73 bits per heavy atom. The van der Waals surface area contributed by atoms with Gasteiger partial charge in [0.05, 0.1) is 12.7 Å². The second-order valence-electron chi connectivity index (χ2n) is 2.55. The Balaban J connectivity index is 0. The van der Waals surface area contributed by atoms with Crippen LogP contribution in [0.1, 0.15) is 13.3 Å². The van der Waals surface area contributed by atoms with Crippen LogP contribution in [0.5, 0.6) is 0 Å². The second-order valence-corrected chi connectivity index (χ2v) is 2.55. The minimum Gasteiger partial charge on any atom is -0.448 e. The summed E-state index contributed by atoms with van der Waals surface area (Å²) in [5.74, 6) is 0.727. The van der Waals surface area contributed by atoms with Crippen LogP contribution in [0, 0.1) is 11.3 Å². The van der Waals surface area contributed by atoms with Crippen molar-refractivity contribution in [3.05, 3.63) is 0 Å². The lowest BCUT2D eigenvalue weighted by Gasteiger charge is -1.98. The molecule has 0 bridgehead atoms. The van der Waals surface area contributed by atoms with E-state index in [1.807, 2.05) is 31.7 Å². The summed E-state index contributed by atoms with van der Waals surface area (Å²) in [6.07, 6.45) is 0.348. The Kier molecular flexibility index (Phi) is 8.73. The molecule has 0 spiro atoms. The molecule has 0 amide bonds. The van der Waals surface area contributed by atoms with Gasteiger partial charge >= 0.3 is 13.2 Å². The van der Waals surface area contributed by atoms with Crippen molar-refractivity contribution >= 4 is 13.2 Å². The van der Waals surface area contributed by atoms with Crippen LogP contribution < -0.4 is 0 Å². The molecule has 0 heterocycles. The zero-order valence-electron chi connectivity index (χ0n) is 8.81. The fourth-order valence-electron chi connectivity index (χ4n) is 0.572. The van der Waals surface area contributed by atoms with E-state index in [0.717, 1.165) is 5.90 Å². The van der Waals surface area contributed by atoms with Gasteiger partial charge in [0.2, 0.25) is 0 Å². The van der Waals surface area contributed by atoms with Crippen molar-refractivity contribution in [2.75, 3.05) is 20.7 Å². The van der Waals surface area contributed by atoms with E-state index in [0.29, 0.717) is 13.0 Å². The zero-order chi connectivity index (χ0) is 12.5. The van der Waals surface area contributed by atoms with Gasteiger partial charge in [0.1, 0.15) is 14.1 Å². The largest absolute Gasteiger partial charge is 0.673 e. The number of hydrogen-bond acceptors (Lipinski definition) is 2. The number of nitrogens with zero attached hydrogens (tertiary/aromatic N) is 2. The van der Waals surface area contributed by atoms with Crippen LogP contribution in [0.25, 0.3) is 0 Å². The van der Waals surface area contributed by atoms with Gasteiger partial charge in [-0.05, 0) is 6.92 Å². The minimum absolute atomic E-state index is 0.348. The van der Waals surface area contributed by atoms with Gasteiger partial charge in [-0.15, -0.1) is 0 Å². The Labute approximate surface area is 86.1 Å². The van der Waals surface area contributed by atoms with Crippen molar-refractivity contribution in [1.82, 2.24) is 0 Å². The molecule has 0 aliphatic rings. The van der Waals surface area contributed by atoms with Gasteiger partial charge < -0.3 is 22.0 Å². The third-order valence-electron chi connectivity index (χ3n) is 1.04. The summed E-state index contributed by atoms with van der Waals surface area (Å²) in [6.45, 7) is 2.52. The molecule has 88 valence electrons. The zero-order valence-corrected chi connectivity index (χ0v) is 8.81. The Hall–Kier alpha value is -1.26. The van der Waals surface area contributed by atoms with E-state index < -0.39 is 7.25 Å². The monoisotopic (exact) mass is 228 g/mol. The van der Waals surface area contributed by atoms with Gasteiger partial charge in [0, 0.05) is 0 Å². The average molecular weight is 228 g/mol. The van der Waals surface area contributed by atoms with E-state index in [1.54, 1.807) is 0 Å². The first-order valence-corrected chi connectivity index (χ1v) is 4.12. The number of rotatable bonds is 2. The van der Waals surface area contributed by atoms with E-state index in [9.17, 15) is 17.3 Å². The maximum Gasteiger partial charge on any atom is 0.673 e. The predicted octanol–water partition coefficient (Wildman–Crippen LogP) is 1.91. The SMILES string of the molecule is CCOC(CC#N)=[N+](C)C.F[B-](F)(F)F. The predicted molar refractivity (Wildman–Crippen MR) is 49.2 cm³/mol. The Bertz CT molecular complexity index is 236. The smallest absolute Gasteiger partial charge is 0.448 e. The van der Waals surface area contributed by atoms with Gasteiger partial charge in [-0.1, -0.05) is 0 Å². The van der Waals surface area contributed by atoms with Crippen LogP contribution in [-0.2, 0) is 4.74 Å². The number of nitriles is 1. The maximum absolute atomic E-state index is 9.75. The van der Waals surface area contributed by atoms with Gasteiger partial charge in [-0.25, -0.2) is 4.58 Å². The summed E-state index contributed by atoms with van der Waals surface area (Å²) in [7, 11) is -2.27. The first kappa shape index (κ1) is 16.2. The van der Waals surface area contributed by atoms with Crippen LogP contribution >= 0.6 is 0 Å². The molecule has 8 heteroatoms. The highest BCUT2D eigenvalue weighted by Gasteiger charge is 2.20. The highest BCUT2D eigenvalue weighted by Crippen LogP contribution is 2.06. The normalized spacial score (nSPS) is 9.47. The fourth-order valence-corrected chi connectivity index (χ4v) is 0.572. The van der Waals surface area contributed by atoms with Gasteiger partial charge in [0.15, 0.2) is 6.42 Å². The molecule has 0 atom stereocenters. The molecule has 0 N–H and O–H groups in total. The second kappa shape index (κ2) is 8.09. The molecule has 0 radical (unpaired) electrons. The molecule has 0 aliphatic carbocycles. The molecular weight excluding hydrogens is 215 g/mol. The third-order valence-corrected chi connectivity index (χ3v) is 1.04. The van der Waals surface area contributed by atoms with Crippen molar-refractivity contribution in [3.8, 4) is 6.07 Å². The van der Waals surface area contributed by atoms with Crippen LogP contribution in [-0.4, -0.2) is 38.4 Å². The van der Waals surface area contributed by atoms with E-state index in [2.05, 4.69) is 0 Å². The fraction of sp³-hybridized carbons (Fsp3) is 0.714. The average Bonchev–Trinajstić information content (AvgIpc) is 2.00. The first-order valence-electron chi connectivity index (χ1n) is 4.12. The van der Waals surface area contributed by atoms with Crippen molar-refractivity contribution in [1.29, 1.82) is 5.26 Å². The number of halogens is 4. The molecule has 15 heavy (non-hydrogen) atoms. The Morgan fingerprint density at radius 1 is 1.33 bits per heavy atom. The number of ether oxygens (including phenoxy) is 1. The summed E-state index contributed by atoms with van der Waals surface area (Å²) in [6, 6.07) is 2.03. The molecule has 0 rings (SSSR count). The summed E-state index contributed by atoms with van der Waals surface area (Å²) in [4.78, 5) is 0. The van der Waals surface area contributed by atoms with Crippen molar-refractivity contribution in [2.24, 2.45) is 0 Å². The van der Waals surface area contributed by atoms with Gasteiger partial charge in [0.25, 0.3) is 0 Å². The maximum atomic E-state index is 9.75. The van der Waals surface area contributed by atoms with Crippen LogP contribution in [0.4, 0.5) is 17.3 Å². The molecule has 3 nitrogen and oxygen atoms in total. The molecule has 0 saturated carbocycles. The first-order chi connectivity index (χ1) is 6.72. The quantitative estimate of drug-likeness (QED) is 0.238. The minimum atomic E-state index is -6.00. The molecule has 0 fully saturated rings. The summed E-state index contributed by atoms with van der Waals surface area (Å²) >= 11 is 0. The molecule has 0 aromatic rings. The van der Waals surface area contributed by atoms with Gasteiger partial charge in [-0.3, -0.25) is 0 Å². The molecule has 0 aliphatic heterocycles. The topological polar surface area (TPSA) is 36.0 Å². The third kappa shape index (κ3) is 19.2. The highest BCUT2D eigenvalue weighted by atomic mass is 19.5. The molecule has 0 aromatic carbocycles. The van der Waals surface area contributed by atoms with E-state index in [4.69, 9.17) is 10.00 Å². The van der Waals surface area contributed by atoms with E-state index in [-0.39, 0.29) is 0 Å². The van der Waals surface area contributed by atoms with Crippen molar-refractivity contribution < 1.29 is 26.6 Å². The van der Waals surface area contributed by atoms with E-state index in [1.165, 1.54) is 0 Å². The molecule has 0 aromatic heterocycles. The lowest BCUT2D eigenvalue weighted by Crippen LogP contribution is -2.16. The Morgan fingerprint density at radius 3 is 1.93 bits per heavy atom. The van der Waals surface area contributed by atoms with Crippen LogP contribution in [0.3, 0.4) is 0 Å². The lowest BCUT2D eigenvalue weighted by molar-refractivity contribution is -0.475. The highest BCUT2D eigenvalue weighted by molar-refractivity contribution is 6.50. The van der Waals surface area contributed by atoms with Gasteiger partial charge in [-0.2, -0.15) is 5.26 Å².